The SMILES string of the molecule is N#Cc1c[nH]c(-c2nc(CCC(F)(F)F)no2)c1. The summed E-state index contributed by atoms with van der Waals surface area (Å²) >= 11 is 0. The molecule has 5 nitrogen and oxygen atoms in total. The fourth-order valence-corrected chi connectivity index (χ4v) is 1.30. The first-order valence-corrected chi connectivity index (χ1v) is 4.96. The van der Waals surface area contributed by atoms with E-state index in [9.17, 15) is 13.2 Å². The molecule has 18 heavy (non-hydrogen) atoms. The number of alkyl halides is 3. The highest BCUT2D eigenvalue weighted by Crippen LogP contribution is 2.22. The van der Waals surface area contributed by atoms with Crippen LogP contribution < -0.4 is 0 Å². The van der Waals surface area contributed by atoms with Gasteiger partial charge in [-0.3, -0.25) is 0 Å². The first kappa shape index (κ1) is 12.2. The van der Waals surface area contributed by atoms with Gasteiger partial charge in [0.1, 0.15) is 11.8 Å². The number of hydrogen-bond donors (Lipinski definition) is 1. The minimum Gasteiger partial charge on any atom is -0.356 e. The minimum absolute atomic E-state index is 0.0181. The number of aromatic amines is 1. The Morgan fingerprint density at radius 3 is 2.83 bits per heavy atom. The molecule has 0 saturated carbocycles. The van der Waals surface area contributed by atoms with E-state index in [0.717, 1.165) is 0 Å². The summed E-state index contributed by atoms with van der Waals surface area (Å²) in [5.41, 5.74) is 0.775. The van der Waals surface area contributed by atoms with Crippen LogP contribution in [-0.4, -0.2) is 21.3 Å². The van der Waals surface area contributed by atoms with Crippen molar-refractivity contribution in [3.63, 3.8) is 0 Å². The highest BCUT2D eigenvalue weighted by atomic mass is 19.4. The molecule has 2 aromatic rings. The molecule has 0 aliphatic carbocycles. The van der Waals surface area contributed by atoms with Crippen LogP contribution in [0, 0.1) is 11.3 Å². The summed E-state index contributed by atoms with van der Waals surface area (Å²) in [4.78, 5) is 6.53. The molecule has 0 spiro atoms. The van der Waals surface area contributed by atoms with E-state index < -0.39 is 12.6 Å². The topological polar surface area (TPSA) is 78.5 Å². The first-order chi connectivity index (χ1) is 8.48. The molecule has 0 aliphatic heterocycles. The number of nitrogens with zero attached hydrogens (tertiary/aromatic N) is 3. The van der Waals surface area contributed by atoms with Crippen molar-refractivity contribution in [2.45, 2.75) is 19.0 Å². The second-order valence-electron chi connectivity index (χ2n) is 3.54. The molecule has 2 rings (SSSR count). The van der Waals surface area contributed by atoms with Gasteiger partial charge >= 0.3 is 6.18 Å². The molecule has 0 aromatic carbocycles. The first-order valence-electron chi connectivity index (χ1n) is 4.96. The lowest BCUT2D eigenvalue weighted by Crippen LogP contribution is -2.09. The van der Waals surface area contributed by atoms with Crippen molar-refractivity contribution in [1.29, 1.82) is 5.26 Å². The predicted molar refractivity (Wildman–Crippen MR) is 53.2 cm³/mol. The van der Waals surface area contributed by atoms with Crippen LogP contribution in [0.5, 0.6) is 0 Å². The standard InChI is InChI=1S/C10H7F3N4O/c11-10(12,13)2-1-8-16-9(18-17-8)7-3-6(4-14)5-15-7/h3,5,15H,1-2H2. The molecule has 0 atom stereocenters. The van der Waals surface area contributed by atoms with E-state index >= 15 is 0 Å². The molecule has 2 aromatic heterocycles. The van der Waals surface area contributed by atoms with E-state index in [1.807, 2.05) is 6.07 Å². The highest BCUT2D eigenvalue weighted by Gasteiger charge is 2.27. The summed E-state index contributed by atoms with van der Waals surface area (Å²) < 4.78 is 40.8. The van der Waals surface area contributed by atoms with Gasteiger partial charge < -0.3 is 9.51 Å². The Morgan fingerprint density at radius 2 is 2.22 bits per heavy atom. The van der Waals surface area contributed by atoms with Crippen molar-refractivity contribution >= 4 is 0 Å². The predicted octanol–water partition coefficient (Wildman–Crippen LogP) is 2.43. The van der Waals surface area contributed by atoms with Gasteiger partial charge in [-0.2, -0.15) is 23.4 Å². The van der Waals surface area contributed by atoms with Crippen LogP contribution in [0.25, 0.3) is 11.6 Å². The van der Waals surface area contributed by atoms with Crippen molar-refractivity contribution in [3.05, 3.63) is 23.7 Å². The normalized spacial score (nSPS) is 11.4. The average Bonchev–Trinajstić information content (AvgIpc) is 2.94. The van der Waals surface area contributed by atoms with Gasteiger partial charge in [0, 0.05) is 12.6 Å². The van der Waals surface area contributed by atoms with E-state index in [1.165, 1.54) is 12.3 Å². The zero-order valence-corrected chi connectivity index (χ0v) is 8.95. The van der Waals surface area contributed by atoms with Gasteiger partial charge in [-0.25, -0.2) is 0 Å². The van der Waals surface area contributed by atoms with Crippen LogP contribution in [0.4, 0.5) is 13.2 Å². The van der Waals surface area contributed by atoms with Crippen molar-refractivity contribution < 1.29 is 17.7 Å². The van der Waals surface area contributed by atoms with Crippen molar-refractivity contribution in [2.75, 3.05) is 0 Å². The van der Waals surface area contributed by atoms with Crippen molar-refractivity contribution in [1.82, 2.24) is 15.1 Å². The number of H-pyrrole nitrogens is 1. The lowest BCUT2D eigenvalue weighted by Gasteiger charge is -2.01. The fourth-order valence-electron chi connectivity index (χ4n) is 1.30. The Kier molecular flexibility index (Phi) is 3.06. The third kappa shape index (κ3) is 2.88. The van der Waals surface area contributed by atoms with Crippen LogP contribution in [0.1, 0.15) is 17.8 Å². The third-order valence-corrected chi connectivity index (χ3v) is 2.14. The van der Waals surface area contributed by atoms with Gasteiger partial charge in [0.25, 0.3) is 5.89 Å². The molecule has 0 bridgehead atoms. The van der Waals surface area contributed by atoms with Gasteiger partial charge in [0.15, 0.2) is 5.82 Å². The van der Waals surface area contributed by atoms with Gasteiger partial charge in [0.05, 0.1) is 12.0 Å². The number of aryl methyl sites for hydroxylation is 1. The van der Waals surface area contributed by atoms with Crippen LogP contribution >= 0.6 is 0 Å². The van der Waals surface area contributed by atoms with E-state index in [1.54, 1.807) is 0 Å². The van der Waals surface area contributed by atoms with E-state index in [2.05, 4.69) is 15.1 Å². The zero-order chi connectivity index (χ0) is 13.2. The van der Waals surface area contributed by atoms with Gasteiger partial charge in [0.2, 0.25) is 0 Å². The Bertz CT molecular complexity index is 578. The average molecular weight is 256 g/mol. The molecule has 0 amide bonds. The number of nitriles is 1. The molecule has 8 heteroatoms. The number of nitrogens with one attached hydrogen (secondary N) is 1. The molecule has 0 fully saturated rings. The largest absolute Gasteiger partial charge is 0.389 e. The summed E-state index contributed by atoms with van der Waals surface area (Å²) in [6.45, 7) is 0. The van der Waals surface area contributed by atoms with Gasteiger partial charge in [-0.15, -0.1) is 0 Å². The molecule has 0 radical (unpaired) electrons. The molecular weight excluding hydrogens is 249 g/mol. The second-order valence-corrected chi connectivity index (χ2v) is 3.54. The zero-order valence-electron chi connectivity index (χ0n) is 8.95. The maximum absolute atomic E-state index is 12.0. The van der Waals surface area contributed by atoms with E-state index in [0.29, 0.717) is 11.3 Å². The molecular formula is C10H7F3N4O. The summed E-state index contributed by atoms with van der Waals surface area (Å²) in [5, 5.41) is 12.1. The lowest BCUT2D eigenvalue weighted by atomic mass is 10.3. The third-order valence-electron chi connectivity index (χ3n) is 2.14. The van der Waals surface area contributed by atoms with E-state index in [4.69, 9.17) is 9.78 Å². The van der Waals surface area contributed by atoms with Crippen molar-refractivity contribution in [2.24, 2.45) is 0 Å². The van der Waals surface area contributed by atoms with Crippen LogP contribution in [0.2, 0.25) is 0 Å². The Morgan fingerprint density at radius 1 is 1.44 bits per heavy atom. The molecule has 1 N–H and O–H groups in total. The van der Waals surface area contributed by atoms with Crippen LogP contribution in [0.3, 0.4) is 0 Å². The fraction of sp³-hybridized carbons (Fsp3) is 0.300. The number of halogens is 3. The lowest BCUT2D eigenvalue weighted by molar-refractivity contribution is -0.134. The smallest absolute Gasteiger partial charge is 0.356 e. The minimum atomic E-state index is -4.25. The molecule has 94 valence electrons. The number of hydrogen-bond acceptors (Lipinski definition) is 4. The van der Waals surface area contributed by atoms with Crippen LogP contribution in [0.15, 0.2) is 16.8 Å². The molecule has 0 unspecified atom stereocenters. The monoisotopic (exact) mass is 256 g/mol. The molecule has 0 aliphatic rings. The summed E-state index contributed by atoms with van der Waals surface area (Å²) in [7, 11) is 0. The van der Waals surface area contributed by atoms with Gasteiger partial charge in [-0.1, -0.05) is 5.16 Å². The van der Waals surface area contributed by atoms with Crippen LogP contribution in [-0.2, 0) is 6.42 Å². The Balaban J connectivity index is 2.09. The van der Waals surface area contributed by atoms with E-state index in [-0.39, 0.29) is 18.1 Å². The summed E-state index contributed by atoms with van der Waals surface area (Å²) in [6, 6.07) is 3.37. The Hall–Kier alpha value is -2.30. The second kappa shape index (κ2) is 4.52. The maximum Gasteiger partial charge on any atom is 0.389 e. The highest BCUT2D eigenvalue weighted by molar-refractivity contribution is 5.51. The van der Waals surface area contributed by atoms with Crippen molar-refractivity contribution in [3.8, 4) is 17.7 Å². The van der Waals surface area contributed by atoms with Gasteiger partial charge in [-0.05, 0) is 6.07 Å². The molecule has 2 heterocycles. The Labute approximate surface area is 99.2 Å². The molecule has 0 saturated heterocycles. The summed E-state index contributed by atoms with van der Waals surface area (Å²) in [6.07, 6.45) is -4.14. The quantitative estimate of drug-likeness (QED) is 0.914. The number of aromatic nitrogens is 3. The number of rotatable bonds is 3. The maximum atomic E-state index is 12.0. The summed E-state index contributed by atoms with van der Waals surface area (Å²) in [5.74, 6) is 0.0455.